The predicted octanol–water partition coefficient (Wildman–Crippen LogP) is 4.97. The molecule has 2 rings (SSSR count). The van der Waals surface area contributed by atoms with E-state index in [2.05, 4.69) is 5.32 Å². The molecule has 2 aromatic carbocycles. The van der Waals surface area contributed by atoms with Crippen molar-refractivity contribution < 1.29 is 0 Å². The first kappa shape index (κ1) is 12.4. The molecule has 0 heterocycles. The number of nitrogens with one attached hydrogen (secondary N) is 1. The van der Waals surface area contributed by atoms with E-state index in [0.29, 0.717) is 20.8 Å². The molecule has 2 nitrogen and oxygen atoms in total. The lowest BCUT2D eigenvalue weighted by atomic mass is 10.2. The van der Waals surface area contributed by atoms with Crippen LogP contribution in [-0.2, 0) is 0 Å². The number of halogens is 3. The van der Waals surface area contributed by atoms with Gasteiger partial charge >= 0.3 is 0 Å². The molecule has 0 bridgehead atoms. The van der Waals surface area contributed by atoms with Crippen LogP contribution in [0, 0.1) is 0 Å². The second-order valence-corrected chi connectivity index (χ2v) is 4.74. The molecule has 0 unspecified atom stereocenters. The molecular weight excluding hydrogens is 279 g/mol. The van der Waals surface area contributed by atoms with Crippen molar-refractivity contribution in [2.75, 3.05) is 11.1 Å². The molecule has 0 radical (unpaired) electrons. The highest BCUT2D eigenvalue weighted by Crippen LogP contribution is 2.30. The second-order valence-electron chi connectivity index (χ2n) is 3.49. The Morgan fingerprint density at radius 1 is 0.882 bits per heavy atom. The van der Waals surface area contributed by atoms with Crippen molar-refractivity contribution in [1.82, 2.24) is 0 Å². The number of hydrogen-bond donors (Lipinski definition) is 2. The molecule has 3 N–H and O–H groups in total. The summed E-state index contributed by atoms with van der Waals surface area (Å²) in [5.74, 6) is 0. The van der Waals surface area contributed by atoms with Crippen molar-refractivity contribution in [2.24, 2.45) is 0 Å². The van der Waals surface area contributed by atoms with Crippen LogP contribution >= 0.6 is 34.8 Å². The van der Waals surface area contributed by atoms with Gasteiger partial charge < -0.3 is 11.1 Å². The van der Waals surface area contributed by atoms with Gasteiger partial charge in [-0.1, -0.05) is 34.8 Å². The summed E-state index contributed by atoms with van der Waals surface area (Å²) >= 11 is 17.7. The molecule has 0 atom stereocenters. The topological polar surface area (TPSA) is 38.0 Å². The molecule has 17 heavy (non-hydrogen) atoms. The molecule has 5 heteroatoms. The van der Waals surface area contributed by atoms with E-state index in [1.807, 2.05) is 6.07 Å². The zero-order chi connectivity index (χ0) is 12.4. The largest absolute Gasteiger partial charge is 0.397 e. The standard InChI is InChI=1S/C12H9Cl3N2/c13-7-1-4-11(16)12(5-7)17-8-2-3-9(14)10(15)6-8/h1-6,17H,16H2. The monoisotopic (exact) mass is 286 g/mol. The molecule has 0 aromatic heterocycles. The van der Waals surface area contributed by atoms with E-state index in [9.17, 15) is 0 Å². The third kappa shape index (κ3) is 2.97. The number of anilines is 3. The first-order valence-corrected chi connectivity index (χ1v) is 5.97. The van der Waals surface area contributed by atoms with Crippen molar-refractivity contribution in [3.05, 3.63) is 51.5 Å². The molecule has 0 aliphatic heterocycles. The van der Waals surface area contributed by atoms with E-state index in [4.69, 9.17) is 40.5 Å². The fourth-order valence-corrected chi connectivity index (χ4v) is 1.84. The minimum atomic E-state index is 0.484. The minimum Gasteiger partial charge on any atom is -0.397 e. The maximum Gasteiger partial charge on any atom is 0.0632 e. The zero-order valence-electron chi connectivity index (χ0n) is 8.68. The Morgan fingerprint density at radius 2 is 1.65 bits per heavy atom. The van der Waals surface area contributed by atoms with Gasteiger partial charge in [-0.05, 0) is 36.4 Å². The molecule has 88 valence electrons. The molecule has 0 fully saturated rings. The fraction of sp³-hybridized carbons (Fsp3) is 0. The Kier molecular flexibility index (Phi) is 3.67. The van der Waals surface area contributed by atoms with Crippen LogP contribution in [0.1, 0.15) is 0 Å². The van der Waals surface area contributed by atoms with E-state index in [-0.39, 0.29) is 0 Å². The summed E-state index contributed by atoms with van der Waals surface area (Å²) in [5.41, 5.74) is 7.97. The van der Waals surface area contributed by atoms with E-state index >= 15 is 0 Å². The summed E-state index contributed by atoms with van der Waals surface area (Å²) in [5, 5.41) is 4.74. The summed E-state index contributed by atoms with van der Waals surface area (Å²) in [6.45, 7) is 0. The van der Waals surface area contributed by atoms with Gasteiger partial charge in [0.1, 0.15) is 0 Å². The van der Waals surface area contributed by atoms with Crippen LogP contribution in [-0.4, -0.2) is 0 Å². The first-order valence-electron chi connectivity index (χ1n) is 4.83. The Balaban J connectivity index is 2.31. The van der Waals surface area contributed by atoms with Crippen molar-refractivity contribution in [3.8, 4) is 0 Å². The van der Waals surface area contributed by atoms with E-state index in [0.717, 1.165) is 11.4 Å². The number of nitrogen functional groups attached to an aromatic ring is 1. The lowest BCUT2D eigenvalue weighted by molar-refractivity contribution is 1.54. The van der Waals surface area contributed by atoms with Gasteiger partial charge in [0.15, 0.2) is 0 Å². The summed E-state index contributed by atoms with van der Waals surface area (Å²) in [6, 6.07) is 10.5. The SMILES string of the molecule is Nc1ccc(Cl)cc1Nc1ccc(Cl)c(Cl)c1. The van der Waals surface area contributed by atoms with Crippen molar-refractivity contribution >= 4 is 51.9 Å². The number of benzene rings is 2. The summed E-state index contributed by atoms with van der Waals surface area (Å²) in [4.78, 5) is 0. The van der Waals surface area contributed by atoms with Gasteiger partial charge in [-0.2, -0.15) is 0 Å². The normalized spacial score (nSPS) is 10.3. The van der Waals surface area contributed by atoms with Gasteiger partial charge in [-0.25, -0.2) is 0 Å². The highest BCUT2D eigenvalue weighted by Gasteiger charge is 2.03. The molecule has 2 aromatic rings. The van der Waals surface area contributed by atoms with Gasteiger partial charge in [0.25, 0.3) is 0 Å². The van der Waals surface area contributed by atoms with Crippen LogP contribution in [0.25, 0.3) is 0 Å². The minimum absolute atomic E-state index is 0.484. The van der Waals surface area contributed by atoms with Crippen LogP contribution in [0.4, 0.5) is 17.1 Å². The van der Waals surface area contributed by atoms with Crippen LogP contribution in [0.2, 0.25) is 15.1 Å². The van der Waals surface area contributed by atoms with Crippen molar-refractivity contribution in [2.45, 2.75) is 0 Å². The molecule has 0 aliphatic rings. The van der Waals surface area contributed by atoms with Gasteiger partial charge in [-0.15, -0.1) is 0 Å². The van der Waals surface area contributed by atoms with E-state index in [1.165, 1.54) is 0 Å². The van der Waals surface area contributed by atoms with E-state index < -0.39 is 0 Å². The first-order chi connectivity index (χ1) is 8.06. The van der Waals surface area contributed by atoms with Gasteiger partial charge in [0, 0.05) is 10.7 Å². The number of rotatable bonds is 2. The Bertz CT molecular complexity index is 555. The quantitative estimate of drug-likeness (QED) is 0.765. The highest BCUT2D eigenvalue weighted by molar-refractivity contribution is 6.42. The van der Waals surface area contributed by atoms with Gasteiger partial charge in [0.2, 0.25) is 0 Å². The Morgan fingerprint density at radius 3 is 2.35 bits per heavy atom. The fourth-order valence-electron chi connectivity index (χ4n) is 1.37. The smallest absolute Gasteiger partial charge is 0.0632 e. The zero-order valence-corrected chi connectivity index (χ0v) is 10.9. The molecule has 0 saturated carbocycles. The molecule has 0 saturated heterocycles. The lowest BCUT2D eigenvalue weighted by Crippen LogP contribution is -1.96. The maximum absolute atomic E-state index is 5.92. The molecule has 0 amide bonds. The predicted molar refractivity (Wildman–Crippen MR) is 75.6 cm³/mol. The third-order valence-electron chi connectivity index (χ3n) is 2.21. The highest BCUT2D eigenvalue weighted by atomic mass is 35.5. The summed E-state index contributed by atoms with van der Waals surface area (Å²) < 4.78 is 0. The van der Waals surface area contributed by atoms with Crippen molar-refractivity contribution in [3.63, 3.8) is 0 Å². The van der Waals surface area contributed by atoms with Crippen LogP contribution < -0.4 is 11.1 Å². The number of hydrogen-bond acceptors (Lipinski definition) is 2. The number of nitrogens with two attached hydrogens (primary N) is 1. The van der Waals surface area contributed by atoms with E-state index in [1.54, 1.807) is 30.3 Å². The van der Waals surface area contributed by atoms with Crippen molar-refractivity contribution in [1.29, 1.82) is 0 Å². The lowest BCUT2D eigenvalue weighted by Gasteiger charge is -2.10. The molecule has 0 spiro atoms. The second kappa shape index (κ2) is 5.05. The third-order valence-corrected chi connectivity index (χ3v) is 3.19. The summed E-state index contributed by atoms with van der Waals surface area (Å²) in [7, 11) is 0. The van der Waals surface area contributed by atoms with Gasteiger partial charge in [0.05, 0.1) is 21.4 Å². The van der Waals surface area contributed by atoms with Crippen LogP contribution in [0.5, 0.6) is 0 Å². The van der Waals surface area contributed by atoms with Crippen LogP contribution in [0.3, 0.4) is 0 Å². The van der Waals surface area contributed by atoms with Crippen LogP contribution in [0.15, 0.2) is 36.4 Å². The Hall–Kier alpha value is -1.09. The summed E-state index contributed by atoms with van der Waals surface area (Å²) in [6.07, 6.45) is 0. The maximum atomic E-state index is 5.92. The van der Waals surface area contributed by atoms with Gasteiger partial charge in [-0.3, -0.25) is 0 Å². The molecular formula is C12H9Cl3N2. The molecule has 0 aliphatic carbocycles. The Labute approximate surface area is 114 Å². The average Bonchev–Trinajstić information content (AvgIpc) is 2.29. The average molecular weight is 288 g/mol.